The van der Waals surface area contributed by atoms with E-state index in [9.17, 15) is 9.59 Å². The average Bonchev–Trinajstić information content (AvgIpc) is 2.75. The Morgan fingerprint density at radius 1 is 1.00 bits per heavy atom. The first-order valence-electron chi connectivity index (χ1n) is 10.9. The van der Waals surface area contributed by atoms with Crippen LogP contribution in [-0.2, 0) is 18.8 Å². The molecule has 0 amide bonds. The van der Waals surface area contributed by atoms with Crippen LogP contribution >= 0.6 is 0 Å². The molecule has 30 heavy (non-hydrogen) atoms. The molecule has 0 aliphatic carbocycles. The lowest BCUT2D eigenvalue weighted by molar-refractivity contribution is 0.0592. The molecule has 2 fully saturated rings. The second-order valence-electron chi connectivity index (χ2n) is 8.50. The SMILES string of the molecule is CC(C)N1CCN(CC#CCOC2CCN(c3cc(=O)n(C)c(=O)n3C)CC2)CC1. The molecule has 1 aromatic rings. The summed E-state index contributed by atoms with van der Waals surface area (Å²) in [7, 11) is 3.21. The maximum atomic E-state index is 12.1. The van der Waals surface area contributed by atoms with Gasteiger partial charge in [-0.2, -0.15) is 0 Å². The fourth-order valence-electron chi connectivity index (χ4n) is 4.09. The Labute approximate surface area is 179 Å². The Hall–Kier alpha value is -2.08. The predicted molar refractivity (Wildman–Crippen MR) is 119 cm³/mol. The first kappa shape index (κ1) is 22.6. The molecule has 2 saturated heterocycles. The van der Waals surface area contributed by atoms with E-state index in [1.54, 1.807) is 7.05 Å². The molecule has 0 saturated carbocycles. The van der Waals surface area contributed by atoms with Gasteiger partial charge in [-0.1, -0.05) is 11.8 Å². The van der Waals surface area contributed by atoms with Gasteiger partial charge in [0.1, 0.15) is 12.4 Å². The van der Waals surface area contributed by atoms with Gasteiger partial charge in [-0.25, -0.2) is 4.79 Å². The van der Waals surface area contributed by atoms with Crippen molar-refractivity contribution in [2.45, 2.75) is 38.8 Å². The van der Waals surface area contributed by atoms with Gasteiger partial charge in [-0.05, 0) is 26.7 Å². The third-order valence-corrected chi connectivity index (χ3v) is 6.22. The number of hydrogen-bond acceptors (Lipinski definition) is 6. The van der Waals surface area contributed by atoms with Crippen molar-refractivity contribution in [3.05, 3.63) is 26.9 Å². The van der Waals surface area contributed by atoms with Crippen LogP contribution in [0.1, 0.15) is 26.7 Å². The minimum absolute atomic E-state index is 0.175. The second-order valence-corrected chi connectivity index (χ2v) is 8.50. The molecule has 1 aromatic heterocycles. The summed E-state index contributed by atoms with van der Waals surface area (Å²) in [5.74, 6) is 7.08. The normalized spacial score (nSPS) is 19.2. The molecule has 0 unspecified atom stereocenters. The number of piperidine rings is 1. The highest BCUT2D eigenvalue weighted by Crippen LogP contribution is 2.19. The average molecular weight is 418 g/mol. The van der Waals surface area contributed by atoms with Gasteiger partial charge in [0.2, 0.25) is 0 Å². The highest BCUT2D eigenvalue weighted by molar-refractivity contribution is 5.38. The van der Waals surface area contributed by atoms with Gasteiger partial charge in [-0.15, -0.1) is 0 Å². The summed E-state index contributed by atoms with van der Waals surface area (Å²) in [5, 5.41) is 0. The number of nitrogens with zero attached hydrogens (tertiary/aromatic N) is 5. The van der Waals surface area contributed by atoms with E-state index in [2.05, 4.69) is 40.4 Å². The maximum Gasteiger partial charge on any atom is 0.332 e. The molecule has 0 atom stereocenters. The van der Waals surface area contributed by atoms with Crippen LogP contribution in [0.15, 0.2) is 15.7 Å². The monoisotopic (exact) mass is 417 g/mol. The van der Waals surface area contributed by atoms with Crippen molar-refractivity contribution in [1.29, 1.82) is 0 Å². The van der Waals surface area contributed by atoms with E-state index in [-0.39, 0.29) is 17.4 Å². The van der Waals surface area contributed by atoms with E-state index >= 15 is 0 Å². The van der Waals surface area contributed by atoms with Gasteiger partial charge in [0, 0.05) is 65.5 Å². The molecule has 3 heterocycles. The Bertz CT molecular complexity index is 879. The van der Waals surface area contributed by atoms with Crippen LogP contribution in [0.4, 0.5) is 5.82 Å². The Morgan fingerprint density at radius 2 is 1.67 bits per heavy atom. The number of hydrogen-bond donors (Lipinski definition) is 0. The van der Waals surface area contributed by atoms with Crippen molar-refractivity contribution in [3.63, 3.8) is 0 Å². The molecule has 2 aliphatic heterocycles. The van der Waals surface area contributed by atoms with Crippen molar-refractivity contribution < 1.29 is 4.74 Å². The summed E-state index contributed by atoms with van der Waals surface area (Å²) in [5.41, 5.74) is -0.566. The lowest BCUT2D eigenvalue weighted by Crippen LogP contribution is -2.48. The molecule has 0 spiro atoms. The van der Waals surface area contributed by atoms with Crippen LogP contribution in [0.2, 0.25) is 0 Å². The van der Waals surface area contributed by atoms with Gasteiger partial charge in [0.05, 0.1) is 12.6 Å². The molecule has 0 aromatic carbocycles. The Balaban J connectivity index is 1.39. The Kier molecular flexibility index (Phi) is 7.75. The van der Waals surface area contributed by atoms with E-state index in [0.717, 1.165) is 63.2 Å². The quantitative estimate of drug-likeness (QED) is 0.634. The maximum absolute atomic E-state index is 12.1. The molecule has 0 N–H and O–H groups in total. The molecule has 0 radical (unpaired) electrons. The van der Waals surface area contributed by atoms with Gasteiger partial charge >= 0.3 is 5.69 Å². The van der Waals surface area contributed by atoms with E-state index < -0.39 is 0 Å². The van der Waals surface area contributed by atoms with E-state index in [4.69, 9.17) is 4.74 Å². The summed E-state index contributed by atoms with van der Waals surface area (Å²) in [6.45, 7) is 11.7. The molecule has 166 valence electrons. The van der Waals surface area contributed by atoms with Crippen molar-refractivity contribution in [2.75, 3.05) is 57.3 Å². The smallest absolute Gasteiger partial charge is 0.332 e. The summed E-state index contributed by atoms with van der Waals surface area (Å²) in [6, 6.07) is 2.16. The van der Waals surface area contributed by atoms with Crippen LogP contribution in [0.5, 0.6) is 0 Å². The predicted octanol–water partition coefficient (Wildman–Crippen LogP) is 0.0988. The van der Waals surface area contributed by atoms with Crippen LogP contribution in [-0.4, -0.2) is 83.5 Å². The van der Waals surface area contributed by atoms with Crippen molar-refractivity contribution in [3.8, 4) is 11.8 Å². The first-order chi connectivity index (χ1) is 14.4. The zero-order valence-electron chi connectivity index (χ0n) is 18.8. The molecule has 8 nitrogen and oxygen atoms in total. The number of anilines is 1. The highest BCUT2D eigenvalue weighted by Gasteiger charge is 2.22. The fraction of sp³-hybridized carbons (Fsp3) is 0.727. The number of ether oxygens (including phenoxy) is 1. The van der Waals surface area contributed by atoms with Gasteiger partial charge in [0.25, 0.3) is 5.56 Å². The topological polar surface area (TPSA) is 63.0 Å². The van der Waals surface area contributed by atoms with Crippen LogP contribution in [0.3, 0.4) is 0 Å². The standard InChI is InChI=1S/C22H35N5O3/c1-18(2)26-14-12-25(13-15-26)9-5-6-16-30-19-7-10-27(11-8-19)20-17-21(28)24(4)22(29)23(20)3/h17-19H,7-16H2,1-4H3. The summed E-state index contributed by atoms with van der Waals surface area (Å²) in [6.07, 6.45) is 1.90. The number of piperazine rings is 1. The minimum Gasteiger partial charge on any atom is -0.365 e. The highest BCUT2D eigenvalue weighted by atomic mass is 16.5. The van der Waals surface area contributed by atoms with E-state index in [0.29, 0.717) is 18.5 Å². The van der Waals surface area contributed by atoms with Crippen LogP contribution in [0, 0.1) is 11.8 Å². The molecule has 0 bridgehead atoms. The first-order valence-corrected chi connectivity index (χ1v) is 10.9. The molecule has 8 heteroatoms. The van der Waals surface area contributed by atoms with Gasteiger partial charge in [-0.3, -0.25) is 23.7 Å². The summed E-state index contributed by atoms with van der Waals surface area (Å²) >= 11 is 0. The van der Waals surface area contributed by atoms with Crippen molar-refractivity contribution in [1.82, 2.24) is 18.9 Å². The lowest BCUT2D eigenvalue weighted by atomic mass is 10.1. The third kappa shape index (κ3) is 5.54. The third-order valence-electron chi connectivity index (χ3n) is 6.22. The van der Waals surface area contributed by atoms with Crippen LogP contribution in [0.25, 0.3) is 0 Å². The Morgan fingerprint density at radius 3 is 2.30 bits per heavy atom. The minimum atomic E-state index is -0.295. The van der Waals surface area contributed by atoms with Crippen molar-refractivity contribution >= 4 is 5.82 Å². The fourth-order valence-corrected chi connectivity index (χ4v) is 4.09. The zero-order valence-corrected chi connectivity index (χ0v) is 18.8. The zero-order chi connectivity index (χ0) is 21.7. The summed E-state index contributed by atoms with van der Waals surface area (Å²) < 4.78 is 8.60. The second kappa shape index (κ2) is 10.3. The van der Waals surface area contributed by atoms with Crippen LogP contribution < -0.4 is 16.1 Å². The molecule has 3 rings (SSSR count). The molecular formula is C22H35N5O3. The van der Waals surface area contributed by atoms with E-state index in [1.807, 2.05) is 0 Å². The largest absolute Gasteiger partial charge is 0.365 e. The number of rotatable bonds is 5. The van der Waals surface area contributed by atoms with Gasteiger partial charge < -0.3 is 9.64 Å². The number of aromatic nitrogens is 2. The van der Waals surface area contributed by atoms with Gasteiger partial charge in [0.15, 0.2) is 0 Å². The lowest BCUT2D eigenvalue weighted by Gasteiger charge is -2.36. The summed E-state index contributed by atoms with van der Waals surface area (Å²) in [4.78, 5) is 31.1. The molecule has 2 aliphatic rings. The van der Waals surface area contributed by atoms with E-state index in [1.165, 1.54) is 17.7 Å². The molecular weight excluding hydrogens is 382 g/mol. The van der Waals surface area contributed by atoms with Crippen molar-refractivity contribution in [2.24, 2.45) is 14.1 Å².